The highest BCUT2D eigenvalue weighted by Gasteiger charge is 2.53. The van der Waals surface area contributed by atoms with E-state index in [1.54, 1.807) is 4.68 Å². The highest BCUT2D eigenvalue weighted by Crippen LogP contribution is 2.61. The van der Waals surface area contributed by atoms with E-state index in [0.29, 0.717) is 5.41 Å². The van der Waals surface area contributed by atoms with Gasteiger partial charge in [0.05, 0.1) is 5.52 Å². The molecule has 4 saturated carbocycles. The van der Waals surface area contributed by atoms with Crippen molar-refractivity contribution in [3.05, 3.63) is 24.3 Å². The Morgan fingerprint density at radius 3 is 2.52 bits per heavy atom. The lowest BCUT2D eigenvalue weighted by molar-refractivity contribution is -0.126. The van der Waals surface area contributed by atoms with Gasteiger partial charge >= 0.3 is 0 Å². The van der Waals surface area contributed by atoms with Crippen LogP contribution in [0.25, 0.3) is 11.0 Å². The van der Waals surface area contributed by atoms with Crippen LogP contribution < -0.4 is 5.32 Å². The molecule has 6 rings (SSSR count). The van der Waals surface area contributed by atoms with Crippen molar-refractivity contribution >= 4 is 16.9 Å². The van der Waals surface area contributed by atoms with Crippen molar-refractivity contribution in [2.45, 2.75) is 58.0 Å². The number of nitrogens with one attached hydrogen (secondary N) is 1. The lowest BCUT2D eigenvalue weighted by Gasteiger charge is -2.59. The van der Waals surface area contributed by atoms with Crippen LogP contribution in [0.3, 0.4) is 0 Å². The van der Waals surface area contributed by atoms with Crippen LogP contribution in [0.1, 0.15) is 45.4 Å². The quantitative estimate of drug-likeness (QED) is 0.931. The molecule has 5 heteroatoms. The second kappa shape index (κ2) is 5.55. The Balaban J connectivity index is 1.29. The number of benzene rings is 1. The van der Waals surface area contributed by atoms with Gasteiger partial charge in [0, 0.05) is 6.04 Å². The van der Waals surface area contributed by atoms with Crippen molar-refractivity contribution in [2.75, 3.05) is 0 Å². The van der Waals surface area contributed by atoms with Gasteiger partial charge in [-0.2, -0.15) is 0 Å². The van der Waals surface area contributed by atoms with Gasteiger partial charge in [0.25, 0.3) is 0 Å². The molecule has 0 saturated heterocycles. The largest absolute Gasteiger partial charge is 0.351 e. The summed E-state index contributed by atoms with van der Waals surface area (Å²) in [5.41, 5.74) is 2.10. The van der Waals surface area contributed by atoms with E-state index in [1.807, 2.05) is 24.3 Å². The minimum absolute atomic E-state index is 0.0545. The minimum atomic E-state index is 0.0545. The van der Waals surface area contributed by atoms with Crippen LogP contribution in [0.2, 0.25) is 0 Å². The molecule has 1 heterocycles. The van der Waals surface area contributed by atoms with Crippen LogP contribution in [0, 0.1) is 23.2 Å². The Kier molecular flexibility index (Phi) is 3.41. The Labute approximate surface area is 148 Å². The maximum Gasteiger partial charge on any atom is 0.242 e. The SMILES string of the molecule is C[C@@H](NC(=O)Cn1nnc2ccccc21)C12CC3CC(CC(C3)C1)C2. The van der Waals surface area contributed by atoms with E-state index < -0.39 is 0 Å². The van der Waals surface area contributed by atoms with Gasteiger partial charge in [0.2, 0.25) is 5.91 Å². The van der Waals surface area contributed by atoms with Crippen molar-refractivity contribution in [2.24, 2.45) is 23.2 Å². The standard InChI is InChI=1S/C20H26N4O/c1-13(20-9-14-6-15(10-20)8-16(7-14)11-20)21-19(25)12-24-18-5-3-2-4-17(18)22-23-24/h2-5,13-16H,6-12H2,1H3,(H,21,25)/t13-,14?,15?,16?,20?/m1/s1. The molecule has 4 bridgehead atoms. The number of hydrogen-bond acceptors (Lipinski definition) is 3. The molecular weight excluding hydrogens is 312 g/mol. The van der Waals surface area contributed by atoms with Gasteiger partial charge in [-0.15, -0.1) is 5.10 Å². The Morgan fingerprint density at radius 2 is 1.84 bits per heavy atom. The average molecular weight is 338 g/mol. The van der Waals surface area contributed by atoms with Gasteiger partial charge in [-0.05, 0) is 80.8 Å². The molecule has 1 atom stereocenters. The second-order valence-corrected chi connectivity index (χ2v) is 8.80. The highest BCUT2D eigenvalue weighted by molar-refractivity contribution is 5.79. The van der Waals surface area contributed by atoms with Gasteiger partial charge < -0.3 is 5.32 Å². The molecule has 1 N–H and O–H groups in total. The summed E-state index contributed by atoms with van der Waals surface area (Å²) in [6.45, 7) is 2.47. The van der Waals surface area contributed by atoms with Crippen LogP contribution >= 0.6 is 0 Å². The number of carbonyl (C=O) groups is 1. The van der Waals surface area contributed by atoms with Crippen LogP contribution in [-0.4, -0.2) is 26.9 Å². The first-order valence-electron chi connectivity index (χ1n) is 9.69. The van der Waals surface area contributed by atoms with Gasteiger partial charge in [-0.1, -0.05) is 17.3 Å². The molecule has 132 valence electrons. The number of rotatable bonds is 4. The predicted octanol–water partition coefficient (Wildman–Crippen LogP) is 3.15. The zero-order valence-corrected chi connectivity index (χ0v) is 14.8. The fourth-order valence-corrected chi connectivity index (χ4v) is 6.32. The number of nitrogens with zero attached hydrogens (tertiary/aromatic N) is 3. The fourth-order valence-electron chi connectivity index (χ4n) is 6.32. The number of amides is 1. The smallest absolute Gasteiger partial charge is 0.242 e. The van der Waals surface area contributed by atoms with Crippen LogP contribution in [-0.2, 0) is 11.3 Å². The summed E-state index contributed by atoms with van der Waals surface area (Å²) in [4.78, 5) is 12.7. The molecule has 5 nitrogen and oxygen atoms in total. The minimum Gasteiger partial charge on any atom is -0.351 e. The van der Waals surface area contributed by atoms with Gasteiger partial charge in [0.1, 0.15) is 12.1 Å². The fraction of sp³-hybridized carbons (Fsp3) is 0.650. The maximum absolute atomic E-state index is 12.7. The molecule has 2 aromatic rings. The molecule has 1 amide bonds. The third-order valence-electron chi connectivity index (χ3n) is 7.10. The molecule has 4 fully saturated rings. The molecule has 0 spiro atoms. The van der Waals surface area contributed by atoms with Gasteiger partial charge in [-0.3, -0.25) is 4.79 Å². The lowest BCUT2D eigenvalue weighted by atomic mass is 9.48. The summed E-state index contributed by atoms with van der Waals surface area (Å²) in [6, 6.07) is 8.04. The number of para-hydroxylation sites is 1. The molecule has 1 aromatic heterocycles. The van der Waals surface area contributed by atoms with Crippen molar-refractivity contribution in [3.8, 4) is 0 Å². The molecule has 0 aliphatic heterocycles. The predicted molar refractivity (Wildman–Crippen MR) is 95.7 cm³/mol. The third kappa shape index (κ3) is 2.55. The van der Waals surface area contributed by atoms with Gasteiger partial charge in [-0.25, -0.2) is 4.68 Å². The van der Waals surface area contributed by atoms with E-state index in [-0.39, 0.29) is 18.5 Å². The average Bonchev–Trinajstić information content (AvgIpc) is 2.96. The normalized spacial score (nSPS) is 34.4. The Morgan fingerprint density at radius 1 is 1.20 bits per heavy atom. The number of fused-ring (bicyclic) bond motifs is 1. The van der Waals surface area contributed by atoms with E-state index in [1.165, 1.54) is 38.5 Å². The molecular formula is C20H26N4O. The first-order valence-corrected chi connectivity index (χ1v) is 9.69. The molecule has 0 unspecified atom stereocenters. The van der Waals surface area contributed by atoms with Crippen molar-refractivity contribution < 1.29 is 4.79 Å². The van der Waals surface area contributed by atoms with Crippen molar-refractivity contribution in [3.63, 3.8) is 0 Å². The number of aromatic nitrogens is 3. The van der Waals surface area contributed by atoms with E-state index in [0.717, 1.165) is 28.8 Å². The summed E-state index contributed by atoms with van der Waals surface area (Å²) in [7, 11) is 0. The molecule has 4 aliphatic rings. The van der Waals surface area contributed by atoms with E-state index >= 15 is 0 Å². The topological polar surface area (TPSA) is 59.8 Å². The monoisotopic (exact) mass is 338 g/mol. The summed E-state index contributed by atoms with van der Waals surface area (Å²) in [5.74, 6) is 2.78. The first kappa shape index (κ1) is 15.4. The van der Waals surface area contributed by atoms with E-state index in [4.69, 9.17) is 0 Å². The van der Waals surface area contributed by atoms with Crippen LogP contribution in [0.5, 0.6) is 0 Å². The van der Waals surface area contributed by atoms with E-state index in [9.17, 15) is 4.79 Å². The second-order valence-electron chi connectivity index (χ2n) is 8.80. The zero-order valence-electron chi connectivity index (χ0n) is 14.8. The lowest BCUT2D eigenvalue weighted by Crippen LogP contribution is -2.56. The number of carbonyl (C=O) groups excluding carboxylic acids is 1. The summed E-state index contributed by atoms with van der Waals surface area (Å²) in [6.07, 6.45) is 8.24. The Bertz CT molecular complexity index is 776. The molecule has 25 heavy (non-hydrogen) atoms. The summed E-state index contributed by atoms with van der Waals surface area (Å²) < 4.78 is 1.71. The maximum atomic E-state index is 12.7. The zero-order chi connectivity index (χ0) is 17.0. The summed E-state index contributed by atoms with van der Waals surface area (Å²) in [5, 5.41) is 11.6. The highest BCUT2D eigenvalue weighted by atomic mass is 16.2. The molecule has 1 aromatic carbocycles. The van der Waals surface area contributed by atoms with Crippen molar-refractivity contribution in [1.29, 1.82) is 0 Å². The Hall–Kier alpha value is -1.91. The first-order chi connectivity index (χ1) is 12.1. The number of hydrogen-bond donors (Lipinski definition) is 1. The van der Waals surface area contributed by atoms with Crippen LogP contribution in [0.15, 0.2) is 24.3 Å². The van der Waals surface area contributed by atoms with Crippen LogP contribution in [0.4, 0.5) is 0 Å². The van der Waals surface area contributed by atoms with Gasteiger partial charge in [0.15, 0.2) is 0 Å². The third-order valence-corrected chi connectivity index (χ3v) is 7.10. The van der Waals surface area contributed by atoms with Crippen molar-refractivity contribution in [1.82, 2.24) is 20.3 Å². The summed E-state index contributed by atoms with van der Waals surface area (Å²) >= 11 is 0. The molecule has 0 radical (unpaired) electrons. The van der Waals surface area contributed by atoms with E-state index in [2.05, 4.69) is 22.6 Å². The molecule has 4 aliphatic carbocycles.